The summed E-state index contributed by atoms with van der Waals surface area (Å²) in [4.78, 5) is 13.8. The highest BCUT2D eigenvalue weighted by Crippen LogP contribution is 2.33. The summed E-state index contributed by atoms with van der Waals surface area (Å²) in [7, 11) is 4.02. The molecular weight excluding hydrogens is 246 g/mol. The molecule has 0 atom stereocenters. The highest BCUT2D eigenvalue weighted by molar-refractivity contribution is 6.31. The molecule has 0 fully saturated rings. The van der Waals surface area contributed by atoms with E-state index < -0.39 is 0 Å². The number of halogens is 1. The van der Waals surface area contributed by atoms with Crippen molar-refractivity contribution in [3.05, 3.63) is 52.2 Å². The van der Waals surface area contributed by atoms with E-state index in [9.17, 15) is 4.79 Å². The molecule has 1 aliphatic rings. The molecule has 1 aromatic rings. The number of hydrogen-bond acceptors (Lipinski definition) is 2. The van der Waals surface area contributed by atoms with Gasteiger partial charge >= 0.3 is 0 Å². The zero-order chi connectivity index (χ0) is 13.3. The van der Waals surface area contributed by atoms with E-state index >= 15 is 0 Å². The largest absolute Gasteiger partial charge is 0.377 e. The second kappa shape index (κ2) is 4.99. The third-order valence-electron chi connectivity index (χ3n) is 3.07. The molecule has 3 heteroatoms. The van der Waals surface area contributed by atoms with E-state index in [0.717, 1.165) is 17.7 Å². The molecule has 0 heterocycles. The van der Waals surface area contributed by atoms with Crippen molar-refractivity contribution in [3.63, 3.8) is 0 Å². The first-order valence-electron chi connectivity index (χ1n) is 5.88. The van der Waals surface area contributed by atoms with Gasteiger partial charge in [0.15, 0.2) is 5.78 Å². The van der Waals surface area contributed by atoms with Gasteiger partial charge in [0.05, 0.1) is 0 Å². The van der Waals surface area contributed by atoms with Crippen LogP contribution in [0.5, 0.6) is 0 Å². The number of benzene rings is 1. The maximum Gasteiger partial charge on any atom is 0.160 e. The summed E-state index contributed by atoms with van der Waals surface area (Å²) in [6.07, 6.45) is 5.06. The van der Waals surface area contributed by atoms with Crippen LogP contribution in [0.25, 0.3) is 5.57 Å². The lowest BCUT2D eigenvalue weighted by Gasteiger charge is -2.17. The standard InChI is InChI=1S/C15H16ClNO/c1-10(18)14-9-11(16)7-8-12(14)13-5-4-6-15(13)17(2)3/h4,6-9H,5H2,1-3H3. The molecule has 0 bridgehead atoms. The number of likely N-dealkylation sites (N-methyl/N-ethyl adjacent to an activating group) is 1. The van der Waals surface area contributed by atoms with E-state index in [4.69, 9.17) is 11.6 Å². The van der Waals surface area contributed by atoms with Crippen LogP contribution in [-0.2, 0) is 0 Å². The normalized spacial score (nSPS) is 14.2. The van der Waals surface area contributed by atoms with Gasteiger partial charge in [0, 0.05) is 30.4 Å². The van der Waals surface area contributed by atoms with Crippen LogP contribution in [0, 0.1) is 0 Å². The number of ketones is 1. The number of nitrogens with zero attached hydrogens (tertiary/aromatic N) is 1. The maximum atomic E-state index is 11.7. The second-order valence-electron chi connectivity index (χ2n) is 4.61. The van der Waals surface area contributed by atoms with Crippen molar-refractivity contribution >= 4 is 23.0 Å². The van der Waals surface area contributed by atoms with Crippen molar-refractivity contribution in [2.45, 2.75) is 13.3 Å². The van der Waals surface area contributed by atoms with Crippen LogP contribution < -0.4 is 0 Å². The molecule has 0 radical (unpaired) electrons. The lowest BCUT2D eigenvalue weighted by atomic mass is 9.96. The summed E-state index contributed by atoms with van der Waals surface area (Å²) in [5.41, 5.74) is 4.02. The van der Waals surface area contributed by atoms with Crippen molar-refractivity contribution in [2.75, 3.05) is 14.1 Å². The van der Waals surface area contributed by atoms with Gasteiger partial charge in [-0.2, -0.15) is 0 Å². The third kappa shape index (κ3) is 2.34. The lowest BCUT2D eigenvalue weighted by Crippen LogP contribution is -2.10. The molecule has 94 valence electrons. The van der Waals surface area contributed by atoms with Gasteiger partial charge in [-0.3, -0.25) is 4.79 Å². The summed E-state index contributed by atoms with van der Waals surface area (Å²) in [5, 5.41) is 0.599. The first-order chi connectivity index (χ1) is 8.50. The Morgan fingerprint density at radius 2 is 2.06 bits per heavy atom. The van der Waals surface area contributed by atoms with Gasteiger partial charge in [-0.05, 0) is 42.7 Å². The minimum absolute atomic E-state index is 0.0463. The number of allylic oxidation sites excluding steroid dienone is 3. The van der Waals surface area contributed by atoms with Crippen molar-refractivity contribution in [1.29, 1.82) is 0 Å². The predicted molar refractivity (Wildman–Crippen MR) is 75.8 cm³/mol. The quantitative estimate of drug-likeness (QED) is 0.772. The Kier molecular flexibility index (Phi) is 3.58. The predicted octanol–water partition coefficient (Wildman–Crippen LogP) is 3.78. The van der Waals surface area contributed by atoms with E-state index in [1.54, 1.807) is 13.0 Å². The van der Waals surface area contributed by atoms with Gasteiger partial charge in [-0.15, -0.1) is 0 Å². The first kappa shape index (κ1) is 12.9. The minimum atomic E-state index is 0.0463. The molecule has 0 amide bonds. The van der Waals surface area contributed by atoms with E-state index in [-0.39, 0.29) is 5.78 Å². The van der Waals surface area contributed by atoms with Crippen molar-refractivity contribution in [3.8, 4) is 0 Å². The van der Waals surface area contributed by atoms with Gasteiger partial charge in [-0.25, -0.2) is 0 Å². The summed E-state index contributed by atoms with van der Waals surface area (Å²) >= 11 is 5.97. The summed E-state index contributed by atoms with van der Waals surface area (Å²) in [6, 6.07) is 5.52. The Hall–Kier alpha value is -1.54. The van der Waals surface area contributed by atoms with E-state index in [0.29, 0.717) is 10.6 Å². The zero-order valence-electron chi connectivity index (χ0n) is 10.8. The topological polar surface area (TPSA) is 20.3 Å². The Balaban J connectivity index is 2.59. The number of carbonyl (C=O) groups is 1. The van der Waals surface area contributed by atoms with Crippen LogP contribution in [0.3, 0.4) is 0 Å². The second-order valence-corrected chi connectivity index (χ2v) is 5.05. The van der Waals surface area contributed by atoms with Crippen molar-refractivity contribution in [2.24, 2.45) is 0 Å². The minimum Gasteiger partial charge on any atom is -0.377 e. The number of hydrogen-bond donors (Lipinski definition) is 0. The number of rotatable bonds is 3. The summed E-state index contributed by atoms with van der Waals surface area (Å²) < 4.78 is 0. The fourth-order valence-corrected chi connectivity index (χ4v) is 2.40. The molecule has 1 aromatic carbocycles. The van der Waals surface area contributed by atoms with Crippen LogP contribution in [0.1, 0.15) is 29.3 Å². The molecule has 2 nitrogen and oxygen atoms in total. The smallest absolute Gasteiger partial charge is 0.160 e. The highest BCUT2D eigenvalue weighted by atomic mass is 35.5. The number of Topliss-reactive ketones (excluding diaryl/α,β-unsaturated/α-hetero) is 1. The van der Waals surface area contributed by atoms with Gasteiger partial charge in [0.1, 0.15) is 0 Å². The molecule has 1 aliphatic carbocycles. The molecule has 0 aromatic heterocycles. The Morgan fingerprint density at radius 3 is 2.67 bits per heavy atom. The molecule has 0 N–H and O–H groups in total. The van der Waals surface area contributed by atoms with Crippen LogP contribution >= 0.6 is 11.6 Å². The SMILES string of the molecule is CC(=O)c1cc(Cl)ccc1C1=C(N(C)C)C=CC1. The Bertz CT molecular complexity index is 556. The third-order valence-corrected chi connectivity index (χ3v) is 3.31. The average Bonchev–Trinajstić information content (AvgIpc) is 2.77. The maximum absolute atomic E-state index is 11.7. The van der Waals surface area contributed by atoms with Gasteiger partial charge < -0.3 is 4.90 Å². The monoisotopic (exact) mass is 261 g/mol. The van der Waals surface area contributed by atoms with Crippen molar-refractivity contribution < 1.29 is 4.79 Å². The van der Waals surface area contributed by atoms with Gasteiger partial charge in [-0.1, -0.05) is 23.7 Å². The van der Waals surface area contributed by atoms with E-state index in [2.05, 4.69) is 17.1 Å². The molecular formula is C15H16ClNO. The first-order valence-corrected chi connectivity index (χ1v) is 6.26. The lowest BCUT2D eigenvalue weighted by molar-refractivity contribution is 0.101. The van der Waals surface area contributed by atoms with Crippen LogP contribution in [0.4, 0.5) is 0 Å². The molecule has 0 saturated carbocycles. The van der Waals surface area contributed by atoms with Crippen LogP contribution in [-0.4, -0.2) is 24.8 Å². The molecule has 0 aliphatic heterocycles. The average molecular weight is 262 g/mol. The van der Waals surface area contributed by atoms with Crippen LogP contribution in [0.2, 0.25) is 5.02 Å². The summed E-state index contributed by atoms with van der Waals surface area (Å²) in [6.45, 7) is 1.58. The number of carbonyl (C=O) groups excluding carboxylic acids is 1. The molecule has 0 saturated heterocycles. The van der Waals surface area contributed by atoms with Crippen molar-refractivity contribution in [1.82, 2.24) is 4.90 Å². The molecule has 18 heavy (non-hydrogen) atoms. The van der Waals surface area contributed by atoms with Crippen LogP contribution in [0.15, 0.2) is 36.0 Å². The molecule has 0 unspecified atom stereocenters. The van der Waals surface area contributed by atoms with Gasteiger partial charge in [0.25, 0.3) is 0 Å². The summed E-state index contributed by atoms with van der Waals surface area (Å²) in [5.74, 6) is 0.0463. The molecule has 0 spiro atoms. The Morgan fingerprint density at radius 1 is 1.33 bits per heavy atom. The highest BCUT2D eigenvalue weighted by Gasteiger charge is 2.18. The Labute approximate surface area is 113 Å². The van der Waals surface area contributed by atoms with E-state index in [1.165, 1.54) is 5.57 Å². The molecule has 2 rings (SSSR count). The van der Waals surface area contributed by atoms with E-state index in [1.807, 2.05) is 26.2 Å². The fourth-order valence-electron chi connectivity index (χ4n) is 2.23. The van der Waals surface area contributed by atoms with Gasteiger partial charge in [0.2, 0.25) is 0 Å². The fraction of sp³-hybridized carbons (Fsp3) is 0.267. The zero-order valence-corrected chi connectivity index (χ0v) is 11.6.